The van der Waals surface area contributed by atoms with Crippen LogP contribution in [0.1, 0.15) is 52.9 Å². The molecule has 5 amide bonds. The molecule has 0 bridgehead atoms. The standard InChI is InChI=1S/C28H41IN6O10/c1-15(31-23(37)14-45-19-9-7-18(29)8-10-19)25(39)35-21(28(43)44)11-12-22(36)34-20(6-4-5-13-30)26(40)32-16(2)24(38)33-17(3)27(41)42/h7-10,15-17,20-21H,4-6,11-14,30H2,1-3H3,(H,31,37)(H,32,40)(H,33,38)(H,34,36)(H,35,39)(H,41,42)(H,43,44)/t15-,16+,17+,20-,21+/m0/s1. The lowest BCUT2D eigenvalue weighted by Gasteiger charge is -2.22. The summed E-state index contributed by atoms with van der Waals surface area (Å²) in [7, 11) is 0. The van der Waals surface area contributed by atoms with Crippen molar-refractivity contribution in [2.24, 2.45) is 5.73 Å². The highest BCUT2D eigenvalue weighted by Gasteiger charge is 2.28. The van der Waals surface area contributed by atoms with Crippen LogP contribution in [0.25, 0.3) is 0 Å². The highest BCUT2D eigenvalue weighted by atomic mass is 127. The number of rotatable bonds is 20. The largest absolute Gasteiger partial charge is 0.484 e. The Labute approximate surface area is 274 Å². The summed E-state index contributed by atoms with van der Waals surface area (Å²) in [6.07, 6.45) is 0.462. The van der Waals surface area contributed by atoms with Gasteiger partial charge in [0.15, 0.2) is 6.61 Å². The highest BCUT2D eigenvalue weighted by Crippen LogP contribution is 2.13. The van der Waals surface area contributed by atoms with Crippen molar-refractivity contribution in [3.05, 3.63) is 27.8 Å². The molecule has 9 N–H and O–H groups in total. The van der Waals surface area contributed by atoms with Crippen molar-refractivity contribution in [3.63, 3.8) is 0 Å². The van der Waals surface area contributed by atoms with E-state index in [0.717, 1.165) is 3.57 Å². The molecule has 250 valence electrons. The maximum absolute atomic E-state index is 12.9. The van der Waals surface area contributed by atoms with Crippen molar-refractivity contribution >= 4 is 64.1 Å². The van der Waals surface area contributed by atoms with E-state index in [1.54, 1.807) is 24.3 Å². The van der Waals surface area contributed by atoms with E-state index in [1.165, 1.54) is 20.8 Å². The van der Waals surface area contributed by atoms with E-state index in [0.29, 0.717) is 25.1 Å². The van der Waals surface area contributed by atoms with Crippen LogP contribution in [0.15, 0.2) is 24.3 Å². The third-order valence-electron chi connectivity index (χ3n) is 6.31. The van der Waals surface area contributed by atoms with Gasteiger partial charge in [0.2, 0.25) is 23.6 Å². The van der Waals surface area contributed by atoms with Gasteiger partial charge in [0, 0.05) is 9.99 Å². The van der Waals surface area contributed by atoms with Gasteiger partial charge in [-0.15, -0.1) is 0 Å². The third-order valence-corrected chi connectivity index (χ3v) is 7.03. The van der Waals surface area contributed by atoms with E-state index < -0.39 is 71.7 Å². The normalized spacial score (nSPS) is 14.0. The van der Waals surface area contributed by atoms with E-state index in [9.17, 15) is 38.7 Å². The SMILES string of the molecule is C[C@H](NC(=O)COc1ccc(I)cc1)C(=O)N[C@H](CCC(=O)N[C@@H](CCCCN)C(=O)N[C@H](C)C(=O)N[C@H](C)C(=O)O)C(=O)O. The number of aliphatic carboxylic acids is 2. The highest BCUT2D eigenvalue weighted by molar-refractivity contribution is 14.1. The van der Waals surface area contributed by atoms with Crippen molar-refractivity contribution in [2.45, 2.75) is 83.1 Å². The summed E-state index contributed by atoms with van der Waals surface area (Å²) in [5.41, 5.74) is 5.52. The molecule has 0 saturated heterocycles. The van der Waals surface area contributed by atoms with E-state index in [4.69, 9.17) is 15.6 Å². The van der Waals surface area contributed by atoms with Crippen LogP contribution in [-0.2, 0) is 33.6 Å². The van der Waals surface area contributed by atoms with Crippen molar-refractivity contribution in [1.29, 1.82) is 0 Å². The first kappa shape index (κ1) is 39.0. The number of unbranched alkanes of at least 4 members (excludes halogenated alkanes) is 1. The number of ether oxygens (including phenoxy) is 1. The number of carboxylic acid groups (broad SMARTS) is 2. The lowest BCUT2D eigenvalue weighted by Crippen LogP contribution is -2.54. The number of carbonyl (C=O) groups is 7. The number of benzene rings is 1. The summed E-state index contributed by atoms with van der Waals surface area (Å²) in [5, 5.41) is 30.4. The number of hydrogen-bond donors (Lipinski definition) is 8. The van der Waals surface area contributed by atoms with Gasteiger partial charge in [0.25, 0.3) is 5.91 Å². The first-order chi connectivity index (χ1) is 21.1. The fourth-order valence-electron chi connectivity index (χ4n) is 3.67. The number of carbonyl (C=O) groups excluding carboxylic acids is 5. The number of halogens is 1. The second-order valence-electron chi connectivity index (χ2n) is 10.2. The summed E-state index contributed by atoms with van der Waals surface area (Å²) in [5.74, 6) is -5.75. The Bertz CT molecular complexity index is 1200. The third kappa shape index (κ3) is 15.5. The number of amides is 5. The molecule has 45 heavy (non-hydrogen) atoms. The van der Waals surface area contributed by atoms with Gasteiger partial charge < -0.3 is 47.3 Å². The summed E-state index contributed by atoms with van der Waals surface area (Å²) >= 11 is 2.12. The fourth-order valence-corrected chi connectivity index (χ4v) is 4.03. The quantitative estimate of drug-likeness (QED) is 0.0607. The van der Waals surface area contributed by atoms with Crippen molar-refractivity contribution in [2.75, 3.05) is 13.2 Å². The number of carboxylic acids is 2. The fraction of sp³-hybridized carbons (Fsp3) is 0.536. The maximum Gasteiger partial charge on any atom is 0.326 e. The topological polar surface area (TPSA) is 255 Å². The Balaban J connectivity index is 2.68. The van der Waals surface area contributed by atoms with Gasteiger partial charge in [0.1, 0.15) is 36.0 Å². The zero-order valence-corrected chi connectivity index (χ0v) is 27.4. The Morgan fingerprint density at radius 3 is 1.87 bits per heavy atom. The van der Waals surface area contributed by atoms with Crippen molar-refractivity contribution < 1.29 is 48.5 Å². The molecule has 0 saturated carbocycles. The van der Waals surface area contributed by atoms with Gasteiger partial charge in [-0.05, 0) is 99.9 Å². The molecule has 0 aliphatic carbocycles. The number of nitrogens with one attached hydrogen (secondary N) is 5. The van der Waals surface area contributed by atoms with Gasteiger partial charge in [0.05, 0.1) is 0 Å². The molecule has 0 aromatic heterocycles. The smallest absolute Gasteiger partial charge is 0.326 e. The molecule has 1 aromatic carbocycles. The second-order valence-corrected chi connectivity index (χ2v) is 11.4. The van der Waals surface area contributed by atoms with E-state index >= 15 is 0 Å². The van der Waals surface area contributed by atoms with Crippen LogP contribution >= 0.6 is 22.6 Å². The van der Waals surface area contributed by atoms with Crippen LogP contribution in [0.5, 0.6) is 5.75 Å². The molecule has 0 heterocycles. The summed E-state index contributed by atoms with van der Waals surface area (Å²) in [6, 6.07) is 0.967. The van der Waals surface area contributed by atoms with Gasteiger partial charge in [-0.1, -0.05) is 0 Å². The molecule has 1 aromatic rings. The summed E-state index contributed by atoms with van der Waals surface area (Å²) in [4.78, 5) is 85.3. The molecule has 0 fully saturated rings. The monoisotopic (exact) mass is 748 g/mol. The average molecular weight is 749 g/mol. The van der Waals surface area contributed by atoms with Crippen molar-refractivity contribution in [1.82, 2.24) is 26.6 Å². The molecule has 5 atom stereocenters. The van der Waals surface area contributed by atoms with E-state index in [2.05, 4.69) is 49.2 Å². The zero-order valence-electron chi connectivity index (χ0n) is 25.3. The number of nitrogens with two attached hydrogens (primary N) is 1. The molecule has 1 rings (SSSR count). The first-order valence-electron chi connectivity index (χ1n) is 14.2. The van der Waals surface area contributed by atoms with Crippen LogP contribution in [-0.4, -0.2) is 95.0 Å². The average Bonchev–Trinajstić information content (AvgIpc) is 2.97. The predicted molar refractivity (Wildman–Crippen MR) is 169 cm³/mol. The Morgan fingerprint density at radius 1 is 0.711 bits per heavy atom. The maximum atomic E-state index is 12.9. The molecular formula is C28H41IN6O10. The zero-order chi connectivity index (χ0) is 34.1. The molecule has 0 unspecified atom stereocenters. The van der Waals surface area contributed by atoms with Gasteiger partial charge >= 0.3 is 11.9 Å². The van der Waals surface area contributed by atoms with Crippen LogP contribution in [0.3, 0.4) is 0 Å². The summed E-state index contributed by atoms with van der Waals surface area (Å²) in [6.45, 7) is 3.94. The van der Waals surface area contributed by atoms with Gasteiger partial charge in [-0.2, -0.15) is 0 Å². The molecule has 17 heteroatoms. The Kier molecular flexibility index (Phi) is 17.4. The lowest BCUT2D eigenvalue weighted by atomic mass is 10.1. The van der Waals surface area contributed by atoms with Crippen LogP contribution in [0, 0.1) is 3.57 Å². The minimum absolute atomic E-state index is 0.165. The minimum Gasteiger partial charge on any atom is -0.484 e. The van der Waals surface area contributed by atoms with Crippen LogP contribution < -0.4 is 37.1 Å². The number of hydrogen-bond acceptors (Lipinski definition) is 9. The Morgan fingerprint density at radius 2 is 1.29 bits per heavy atom. The van der Waals surface area contributed by atoms with E-state index in [1.807, 2.05) is 0 Å². The van der Waals surface area contributed by atoms with Crippen LogP contribution in [0.4, 0.5) is 0 Å². The molecule has 0 aliphatic heterocycles. The minimum atomic E-state index is -1.48. The molecule has 0 aliphatic rings. The molecule has 0 spiro atoms. The van der Waals surface area contributed by atoms with Gasteiger partial charge in [-0.25, -0.2) is 4.79 Å². The molecule has 16 nitrogen and oxygen atoms in total. The predicted octanol–water partition coefficient (Wildman–Crippen LogP) is -0.768. The van der Waals surface area contributed by atoms with Crippen molar-refractivity contribution in [3.8, 4) is 5.75 Å². The first-order valence-corrected chi connectivity index (χ1v) is 15.3. The summed E-state index contributed by atoms with van der Waals surface area (Å²) < 4.78 is 6.34. The van der Waals surface area contributed by atoms with E-state index in [-0.39, 0.29) is 25.9 Å². The lowest BCUT2D eigenvalue weighted by molar-refractivity contribution is -0.143. The molecular weight excluding hydrogens is 707 g/mol. The van der Waals surface area contributed by atoms with Crippen LogP contribution in [0.2, 0.25) is 0 Å². The Hall–Kier alpha value is -4.00. The second kappa shape index (κ2) is 20.1. The molecule has 0 radical (unpaired) electrons. The van der Waals surface area contributed by atoms with Gasteiger partial charge in [-0.3, -0.25) is 28.8 Å².